The lowest BCUT2D eigenvalue weighted by atomic mass is 10.0. The summed E-state index contributed by atoms with van der Waals surface area (Å²) in [7, 11) is 0. The summed E-state index contributed by atoms with van der Waals surface area (Å²) in [5.41, 5.74) is 2.72. The van der Waals surface area contributed by atoms with Crippen molar-refractivity contribution in [2.75, 3.05) is 0 Å². The van der Waals surface area contributed by atoms with Gasteiger partial charge in [-0.3, -0.25) is 4.79 Å². The van der Waals surface area contributed by atoms with Crippen LogP contribution in [0.25, 0.3) is 22.2 Å². The Morgan fingerprint density at radius 2 is 1.87 bits per heavy atom. The number of benzene rings is 2. The minimum atomic E-state index is -1.06. The number of aromatic amines is 1. The fourth-order valence-corrected chi connectivity index (χ4v) is 2.80. The van der Waals surface area contributed by atoms with E-state index in [-0.39, 0.29) is 12.0 Å². The zero-order valence-corrected chi connectivity index (χ0v) is 12.6. The number of nitrogens with one attached hydrogen (secondary N) is 1. The second-order valence-corrected chi connectivity index (χ2v) is 5.56. The molecule has 0 amide bonds. The number of carbonyl (C=O) groups is 2. The maximum absolute atomic E-state index is 11.2. The highest BCUT2D eigenvalue weighted by Gasteiger charge is 2.17. The van der Waals surface area contributed by atoms with E-state index in [1.54, 1.807) is 24.3 Å². The van der Waals surface area contributed by atoms with Gasteiger partial charge in [-0.1, -0.05) is 23.7 Å². The molecule has 3 N–H and O–H groups in total. The van der Waals surface area contributed by atoms with Gasteiger partial charge in [-0.2, -0.15) is 0 Å². The first kappa shape index (κ1) is 15.1. The van der Waals surface area contributed by atoms with Crippen LogP contribution < -0.4 is 0 Å². The zero-order valence-electron chi connectivity index (χ0n) is 11.8. The zero-order chi connectivity index (χ0) is 16.6. The van der Waals surface area contributed by atoms with E-state index in [2.05, 4.69) is 4.98 Å². The Bertz CT molecular complexity index is 929. The number of aromatic nitrogens is 1. The molecule has 0 saturated heterocycles. The molecule has 0 unspecified atom stereocenters. The number of hydrogen-bond donors (Lipinski definition) is 3. The molecule has 0 aliphatic rings. The standard InChI is InChI=1S/C17H12ClNO4/c18-11-3-1-2-9(6-11)16-13(8-15(20)21)12-7-10(17(22)23)4-5-14(12)19-16/h1-7,19H,8H2,(H,20,21)(H,22,23). The molecule has 3 rings (SSSR count). The van der Waals surface area contributed by atoms with E-state index in [1.807, 2.05) is 6.07 Å². The molecule has 0 aliphatic heterocycles. The van der Waals surface area contributed by atoms with E-state index in [0.29, 0.717) is 27.2 Å². The summed E-state index contributed by atoms with van der Waals surface area (Å²) in [4.78, 5) is 25.5. The van der Waals surface area contributed by atoms with Gasteiger partial charge in [0.25, 0.3) is 0 Å². The highest BCUT2D eigenvalue weighted by Crippen LogP contribution is 2.32. The Labute approximate surface area is 136 Å². The second kappa shape index (κ2) is 5.78. The van der Waals surface area contributed by atoms with Crippen molar-refractivity contribution in [1.29, 1.82) is 0 Å². The SMILES string of the molecule is O=C(O)Cc1c(-c2cccc(Cl)c2)[nH]c2ccc(C(=O)O)cc12. The highest BCUT2D eigenvalue weighted by molar-refractivity contribution is 6.30. The van der Waals surface area contributed by atoms with Gasteiger partial charge in [0.2, 0.25) is 0 Å². The molecule has 0 radical (unpaired) electrons. The fraction of sp³-hybridized carbons (Fsp3) is 0.0588. The van der Waals surface area contributed by atoms with Gasteiger partial charge in [0.05, 0.1) is 17.7 Å². The minimum absolute atomic E-state index is 0.112. The van der Waals surface area contributed by atoms with Crippen molar-refractivity contribution < 1.29 is 19.8 Å². The van der Waals surface area contributed by atoms with Crippen LogP contribution in [0.15, 0.2) is 42.5 Å². The van der Waals surface area contributed by atoms with Crippen molar-refractivity contribution in [3.05, 3.63) is 58.6 Å². The number of rotatable bonds is 4. The summed E-state index contributed by atoms with van der Waals surface area (Å²) in [6.07, 6.45) is -0.217. The smallest absolute Gasteiger partial charge is 0.335 e. The van der Waals surface area contributed by atoms with Gasteiger partial charge < -0.3 is 15.2 Å². The van der Waals surface area contributed by atoms with Gasteiger partial charge in [0.15, 0.2) is 0 Å². The van der Waals surface area contributed by atoms with E-state index in [4.69, 9.17) is 16.7 Å². The number of H-pyrrole nitrogens is 1. The molecule has 5 nitrogen and oxygen atoms in total. The lowest BCUT2D eigenvalue weighted by Gasteiger charge is -2.04. The van der Waals surface area contributed by atoms with Crippen LogP contribution in [0.2, 0.25) is 5.02 Å². The fourth-order valence-electron chi connectivity index (χ4n) is 2.61. The normalized spacial score (nSPS) is 10.8. The van der Waals surface area contributed by atoms with Crippen LogP contribution >= 0.6 is 11.6 Å². The van der Waals surface area contributed by atoms with E-state index in [9.17, 15) is 14.7 Å². The lowest BCUT2D eigenvalue weighted by molar-refractivity contribution is -0.136. The van der Waals surface area contributed by atoms with Crippen molar-refractivity contribution in [2.45, 2.75) is 6.42 Å². The molecule has 0 atom stereocenters. The van der Waals surface area contributed by atoms with Gasteiger partial charge in [0, 0.05) is 15.9 Å². The van der Waals surface area contributed by atoms with Gasteiger partial charge in [-0.15, -0.1) is 0 Å². The van der Waals surface area contributed by atoms with Crippen molar-refractivity contribution in [3.8, 4) is 11.3 Å². The molecular weight excluding hydrogens is 318 g/mol. The summed E-state index contributed by atoms with van der Waals surface area (Å²) in [5.74, 6) is -2.05. The van der Waals surface area contributed by atoms with Crippen LogP contribution in [0.4, 0.5) is 0 Å². The minimum Gasteiger partial charge on any atom is -0.481 e. The molecule has 23 heavy (non-hydrogen) atoms. The van der Waals surface area contributed by atoms with Crippen LogP contribution in [0.1, 0.15) is 15.9 Å². The maximum atomic E-state index is 11.2. The largest absolute Gasteiger partial charge is 0.481 e. The highest BCUT2D eigenvalue weighted by atomic mass is 35.5. The van der Waals surface area contributed by atoms with Crippen molar-refractivity contribution in [2.24, 2.45) is 0 Å². The number of halogens is 1. The summed E-state index contributed by atoms with van der Waals surface area (Å²) >= 11 is 6.01. The molecule has 0 aliphatic carbocycles. The Balaban J connectivity index is 2.28. The first-order chi connectivity index (χ1) is 11.0. The van der Waals surface area contributed by atoms with E-state index in [1.165, 1.54) is 12.1 Å². The van der Waals surface area contributed by atoms with Gasteiger partial charge in [0.1, 0.15) is 0 Å². The molecule has 3 aromatic rings. The van der Waals surface area contributed by atoms with Gasteiger partial charge >= 0.3 is 11.9 Å². The Morgan fingerprint density at radius 3 is 2.52 bits per heavy atom. The van der Waals surface area contributed by atoms with Crippen LogP contribution in [0.3, 0.4) is 0 Å². The number of carboxylic acid groups (broad SMARTS) is 2. The topological polar surface area (TPSA) is 90.4 Å². The quantitative estimate of drug-likeness (QED) is 0.678. The van der Waals surface area contributed by atoms with Crippen LogP contribution in [0, 0.1) is 0 Å². The number of aliphatic carboxylic acids is 1. The molecule has 0 spiro atoms. The lowest BCUT2D eigenvalue weighted by Crippen LogP contribution is -2.01. The van der Waals surface area contributed by atoms with Crippen molar-refractivity contribution in [1.82, 2.24) is 4.98 Å². The number of carboxylic acids is 2. The molecule has 0 fully saturated rings. The number of fused-ring (bicyclic) bond motifs is 1. The van der Waals surface area contributed by atoms with Gasteiger partial charge in [-0.05, 0) is 41.5 Å². The third-order valence-corrected chi connectivity index (χ3v) is 3.83. The predicted octanol–water partition coefficient (Wildman–Crippen LogP) is 3.81. The first-order valence-electron chi connectivity index (χ1n) is 6.81. The van der Waals surface area contributed by atoms with E-state index in [0.717, 1.165) is 5.56 Å². The molecule has 1 aromatic heterocycles. The summed E-state index contributed by atoms with van der Waals surface area (Å²) in [6, 6.07) is 11.7. The van der Waals surface area contributed by atoms with Crippen LogP contribution in [-0.2, 0) is 11.2 Å². The second-order valence-electron chi connectivity index (χ2n) is 5.12. The van der Waals surface area contributed by atoms with Crippen molar-refractivity contribution >= 4 is 34.4 Å². The molecule has 2 aromatic carbocycles. The maximum Gasteiger partial charge on any atom is 0.335 e. The molecule has 1 heterocycles. The molecule has 0 bridgehead atoms. The van der Waals surface area contributed by atoms with Crippen molar-refractivity contribution in [3.63, 3.8) is 0 Å². The Hall–Kier alpha value is -2.79. The van der Waals surface area contributed by atoms with Crippen LogP contribution in [-0.4, -0.2) is 27.1 Å². The van der Waals surface area contributed by atoms with E-state index < -0.39 is 11.9 Å². The van der Waals surface area contributed by atoms with Crippen LogP contribution in [0.5, 0.6) is 0 Å². The molecule has 6 heteroatoms. The monoisotopic (exact) mass is 329 g/mol. The molecule has 116 valence electrons. The van der Waals surface area contributed by atoms with E-state index >= 15 is 0 Å². The van der Waals surface area contributed by atoms with Gasteiger partial charge in [-0.25, -0.2) is 4.79 Å². The first-order valence-corrected chi connectivity index (χ1v) is 7.19. The summed E-state index contributed by atoms with van der Waals surface area (Å²) in [5, 5.41) is 19.4. The average Bonchev–Trinajstić information content (AvgIpc) is 2.84. The molecular formula is C17H12ClNO4. The summed E-state index contributed by atoms with van der Waals surface area (Å²) in [6.45, 7) is 0. The Morgan fingerprint density at radius 1 is 1.09 bits per heavy atom. The summed E-state index contributed by atoms with van der Waals surface area (Å²) < 4.78 is 0. The Kier molecular flexibility index (Phi) is 3.80. The third-order valence-electron chi connectivity index (χ3n) is 3.59. The molecule has 0 saturated carbocycles. The third kappa shape index (κ3) is 2.91. The average molecular weight is 330 g/mol. The predicted molar refractivity (Wildman–Crippen MR) is 87.0 cm³/mol. The number of aromatic carboxylic acids is 1. The number of hydrogen-bond acceptors (Lipinski definition) is 2.